The molecule has 0 aliphatic carbocycles. The van der Waals surface area contributed by atoms with E-state index in [1.807, 2.05) is 31.2 Å². The molecule has 0 saturated carbocycles. The second-order valence-electron chi connectivity index (χ2n) is 4.91. The third-order valence-corrected chi connectivity index (χ3v) is 3.68. The Kier molecular flexibility index (Phi) is 6.47. The van der Waals surface area contributed by atoms with E-state index in [1.54, 1.807) is 18.2 Å². The Morgan fingerprint density at radius 1 is 1.13 bits per heavy atom. The standard InChI is InChI=1S/C18H20BrNO3/c1-3-10-23-15-7-5-6-14(12-15)20-18(21)13-8-9-17(22-4-2)16(19)11-13/h5-9,11-12H,3-4,10H2,1-2H3,(H,20,21). The fourth-order valence-electron chi connectivity index (χ4n) is 2.00. The van der Waals surface area contributed by atoms with Gasteiger partial charge in [-0.3, -0.25) is 4.79 Å². The SMILES string of the molecule is CCCOc1cccc(NC(=O)c2ccc(OCC)c(Br)c2)c1. The summed E-state index contributed by atoms with van der Waals surface area (Å²) in [5, 5.41) is 2.87. The van der Waals surface area contributed by atoms with Gasteiger partial charge in [-0.1, -0.05) is 13.0 Å². The first-order valence-electron chi connectivity index (χ1n) is 7.60. The Hall–Kier alpha value is -2.01. The molecule has 2 aromatic rings. The quantitative estimate of drug-likeness (QED) is 0.746. The van der Waals surface area contributed by atoms with Gasteiger partial charge in [0.15, 0.2) is 0 Å². The summed E-state index contributed by atoms with van der Waals surface area (Å²) < 4.78 is 11.8. The van der Waals surface area contributed by atoms with Crippen LogP contribution in [0.4, 0.5) is 5.69 Å². The van der Waals surface area contributed by atoms with E-state index in [9.17, 15) is 4.79 Å². The maximum atomic E-state index is 12.3. The lowest BCUT2D eigenvalue weighted by Crippen LogP contribution is -2.12. The number of benzene rings is 2. The van der Waals surface area contributed by atoms with Crippen molar-refractivity contribution in [1.29, 1.82) is 0 Å². The number of hydrogen-bond acceptors (Lipinski definition) is 3. The second-order valence-corrected chi connectivity index (χ2v) is 5.76. The molecule has 0 unspecified atom stereocenters. The van der Waals surface area contributed by atoms with Crippen molar-refractivity contribution in [2.24, 2.45) is 0 Å². The van der Waals surface area contributed by atoms with E-state index >= 15 is 0 Å². The molecule has 122 valence electrons. The molecule has 2 rings (SSSR count). The second kappa shape index (κ2) is 8.58. The molecule has 0 heterocycles. The maximum Gasteiger partial charge on any atom is 0.255 e. The normalized spacial score (nSPS) is 10.2. The Balaban J connectivity index is 2.08. The van der Waals surface area contributed by atoms with Crippen LogP contribution in [0.15, 0.2) is 46.9 Å². The highest BCUT2D eigenvalue weighted by molar-refractivity contribution is 9.10. The number of carbonyl (C=O) groups excluding carboxylic acids is 1. The van der Waals surface area contributed by atoms with Crippen LogP contribution in [0.25, 0.3) is 0 Å². The Morgan fingerprint density at radius 3 is 2.65 bits per heavy atom. The Bertz CT molecular complexity index is 673. The number of halogens is 1. The lowest BCUT2D eigenvalue weighted by Gasteiger charge is -2.10. The van der Waals surface area contributed by atoms with Crippen LogP contribution in [0.5, 0.6) is 11.5 Å². The third-order valence-electron chi connectivity index (χ3n) is 3.06. The van der Waals surface area contributed by atoms with Gasteiger partial charge in [-0.25, -0.2) is 0 Å². The fourth-order valence-corrected chi connectivity index (χ4v) is 2.49. The molecule has 0 aliphatic rings. The first-order chi connectivity index (χ1) is 11.1. The average molecular weight is 378 g/mol. The van der Waals surface area contributed by atoms with Gasteiger partial charge in [-0.05, 0) is 59.6 Å². The monoisotopic (exact) mass is 377 g/mol. The Morgan fingerprint density at radius 2 is 1.96 bits per heavy atom. The van der Waals surface area contributed by atoms with E-state index in [2.05, 4.69) is 28.2 Å². The van der Waals surface area contributed by atoms with Crippen molar-refractivity contribution in [2.45, 2.75) is 20.3 Å². The van der Waals surface area contributed by atoms with Crippen molar-refractivity contribution in [3.05, 3.63) is 52.5 Å². The van der Waals surface area contributed by atoms with E-state index in [-0.39, 0.29) is 5.91 Å². The fraction of sp³-hybridized carbons (Fsp3) is 0.278. The van der Waals surface area contributed by atoms with Crippen LogP contribution in [0.3, 0.4) is 0 Å². The summed E-state index contributed by atoms with van der Waals surface area (Å²) in [7, 11) is 0. The van der Waals surface area contributed by atoms with Crippen molar-refractivity contribution < 1.29 is 14.3 Å². The summed E-state index contributed by atoms with van der Waals surface area (Å²) in [4.78, 5) is 12.3. The molecule has 5 heteroatoms. The first-order valence-corrected chi connectivity index (χ1v) is 8.40. The topological polar surface area (TPSA) is 47.6 Å². The minimum absolute atomic E-state index is 0.179. The maximum absolute atomic E-state index is 12.3. The van der Waals surface area contributed by atoms with Crippen molar-refractivity contribution in [3.8, 4) is 11.5 Å². The van der Waals surface area contributed by atoms with Crippen LogP contribution >= 0.6 is 15.9 Å². The first kappa shape index (κ1) is 17.3. The average Bonchev–Trinajstić information content (AvgIpc) is 2.55. The zero-order valence-corrected chi connectivity index (χ0v) is 14.9. The smallest absolute Gasteiger partial charge is 0.255 e. The molecule has 0 bridgehead atoms. The number of rotatable bonds is 7. The number of amides is 1. The number of nitrogens with one attached hydrogen (secondary N) is 1. The number of carbonyl (C=O) groups is 1. The molecule has 0 radical (unpaired) electrons. The zero-order valence-electron chi connectivity index (χ0n) is 13.3. The highest BCUT2D eigenvalue weighted by Gasteiger charge is 2.10. The molecule has 0 fully saturated rings. The minimum Gasteiger partial charge on any atom is -0.494 e. The molecule has 0 aliphatic heterocycles. The molecule has 4 nitrogen and oxygen atoms in total. The summed E-state index contributed by atoms with van der Waals surface area (Å²) in [6, 6.07) is 12.6. The van der Waals surface area contributed by atoms with Gasteiger partial charge in [0.1, 0.15) is 11.5 Å². The van der Waals surface area contributed by atoms with Gasteiger partial charge in [0, 0.05) is 17.3 Å². The van der Waals surface area contributed by atoms with Crippen molar-refractivity contribution in [3.63, 3.8) is 0 Å². The molecule has 1 N–H and O–H groups in total. The van der Waals surface area contributed by atoms with Crippen LogP contribution in [-0.4, -0.2) is 19.1 Å². The zero-order chi connectivity index (χ0) is 16.7. The minimum atomic E-state index is -0.179. The predicted molar refractivity (Wildman–Crippen MR) is 95.5 cm³/mol. The van der Waals surface area contributed by atoms with Gasteiger partial charge in [-0.2, -0.15) is 0 Å². The summed E-state index contributed by atoms with van der Waals surface area (Å²) in [6.45, 7) is 5.20. The molecule has 0 aromatic heterocycles. The highest BCUT2D eigenvalue weighted by atomic mass is 79.9. The third kappa shape index (κ3) is 4.99. The van der Waals surface area contributed by atoms with E-state index in [0.717, 1.165) is 22.4 Å². The van der Waals surface area contributed by atoms with Crippen molar-refractivity contribution in [1.82, 2.24) is 0 Å². The van der Waals surface area contributed by atoms with Crippen LogP contribution in [0, 0.1) is 0 Å². The lowest BCUT2D eigenvalue weighted by molar-refractivity contribution is 0.102. The highest BCUT2D eigenvalue weighted by Crippen LogP contribution is 2.26. The Labute approximate surface area is 144 Å². The van der Waals surface area contributed by atoms with E-state index in [0.29, 0.717) is 24.5 Å². The number of anilines is 1. The van der Waals surface area contributed by atoms with Crippen LogP contribution in [0.1, 0.15) is 30.6 Å². The summed E-state index contributed by atoms with van der Waals surface area (Å²) in [6.07, 6.45) is 0.941. The summed E-state index contributed by atoms with van der Waals surface area (Å²) in [5.41, 5.74) is 1.26. The van der Waals surface area contributed by atoms with E-state index in [1.165, 1.54) is 0 Å². The van der Waals surface area contributed by atoms with Crippen molar-refractivity contribution >= 4 is 27.5 Å². The summed E-state index contributed by atoms with van der Waals surface area (Å²) >= 11 is 3.42. The number of hydrogen-bond donors (Lipinski definition) is 1. The van der Waals surface area contributed by atoms with Gasteiger partial charge >= 0.3 is 0 Å². The van der Waals surface area contributed by atoms with Gasteiger partial charge < -0.3 is 14.8 Å². The van der Waals surface area contributed by atoms with E-state index < -0.39 is 0 Å². The molecule has 0 saturated heterocycles. The molecule has 0 spiro atoms. The molecular weight excluding hydrogens is 358 g/mol. The lowest BCUT2D eigenvalue weighted by atomic mass is 10.2. The van der Waals surface area contributed by atoms with Gasteiger partial charge in [0.05, 0.1) is 17.7 Å². The molecular formula is C18H20BrNO3. The molecule has 0 atom stereocenters. The van der Waals surface area contributed by atoms with Gasteiger partial charge in [0.2, 0.25) is 0 Å². The van der Waals surface area contributed by atoms with Crippen LogP contribution in [0.2, 0.25) is 0 Å². The molecule has 1 amide bonds. The van der Waals surface area contributed by atoms with Gasteiger partial charge in [-0.15, -0.1) is 0 Å². The van der Waals surface area contributed by atoms with Gasteiger partial charge in [0.25, 0.3) is 5.91 Å². The van der Waals surface area contributed by atoms with Crippen molar-refractivity contribution in [2.75, 3.05) is 18.5 Å². The number of ether oxygens (including phenoxy) is 2. The van der Waals surface area contributed by atoms with Crippen LogP contribution < -0.4 is 14.8 Å². The predicted octanol–water partition coefficient (Wildman–Crippen LogP) is 4.89. The molecule has 23 heavy (non-hydrogen) atoms. The van der Waals surface area contributed by atoms with E-state index in [4.69, 9.17) is 9.47 Å². The van der Waals surface area contributed by atoms with Crippen LogP contribution in [-0.2, 0) is 0 Å². The summed E-state index contributed by atoms with van der Waals surface area (Å²) in [5.74, 6) is 1.29. The molecule has 2 aromatic carbocycles. The largest absolute Gasteiger partial charge is 0.494 e.